The van der Waals surface area contributed by atoms with Crippen LogP contribution in [0.3, 0.4) is 0 Å². The number of benzene rings is 1. The van der Waals surface area contributed by atoms with E-state index in [0.717, 1.165) is 0 Å². The van der Waals surface area contributed by atoms with Crippen molar-refractivity contribution in [2.45, 2.75) is 13.3 Å². The van der Waals surface area contributed by atoms with Crippen molar-refractivity contribution < 1.29 is 9.18 Å². The number of ketones is 1. The van der Waals surface area contributed by atoms with Crippen molar-refractivity contribution in [3.05, 3.63) is 34.1 Å². The number of hydrogen-bond acceptors (Lipinski definition) is 2. The molecule has 1 aromatic carbocycles. The molecular weight excluding hydrogens is 261 g/mol. The van der Waals surface area contributed by atoms with E-state index in [-0.39, 0.29) is 17.3 Å². The van der Waals surface area contributed by atoms with Crippen LogP contribution in [0.5, 0.6) is 0 Å². The lowest BCUT2D eigenvalue weighted by atomic mass is 9.96. The van der Waals surface area contributed by atoms with E-state index >= 15 is 0 Å². The highest BCUT2D eigenvalue weighted by Crippen LogP contribution is 2.19. The Morgan fingerprint density at radius 3 is 2.87 bits per heavy atom. The van der Waals surface area contributed by atoms with E-state index in [1.807, 2.05) is 0 Å². The third-order valence-corrected chi connectivity index (χ3v) is 2.73. The minimum absolute atomic E-state index is 0.130. The van der Waals surface area contributed by atoms with Crippen LogP contribution in [0.1, 0.15) is 23.7 Å². The molecule has 1 unspecified atom stereocenters. The van der Waals surface area contributed by atoms with Crippen molar-refractivity contribution in [2.24, 2.45) is 11.7 Å². The highest BCUT2D eigenvalue weighted by molar-refractivity contribution is 9.10. The number of carbonyl (C=O) groups is 1. The fourth-order valence-electron chi connectivity index (χ4n) is 1.33. The van der Waals surface area contributed by atoms with Gasteiger partial charge in [0.2, 0.25) is 0 Å². The van der Waals surface area contributed by atoms with Gasteiger partial charge in [-0.25, -0.2) is 4.39 Å². The molecule has 0 aliphatic heterocycles. The average Bonchev–Trinajstić information content (AvgIpc) is 2.21. The lowest BCUT2D eigenvalue weighted by Gasteiger charge is -2.09. The minimum Gasteiger partial charge on any atom is -0.330 e. The van der Waals surface area contributed by atoms with Crippen molar-refractivity contribution >= 4 is 21.7 Å². The molecular formula is C11H13BrFNO. The van der Waals surface area contributed by atoms with Crippen molar-refractivity contribution in [3.8, 4) is 0 Å². The molecule has 0 aliphatic carbocycles. The molecule has 15 heavy (non-hydrogen) atoms. The lowest BCUT2D eigenvalue weighted by Crippen LogP contribution is -2.16. The summed E-state index contributed by atoms with van der Waals surface area (Å²) >= 11 is 3.21. The van der Waals surface area contributed by atoms with Crippen LogP contribution >= 0.6 is 15.9 Å². The molecule has 0 spiro atoms. The zero-order chi connectivity index (χ0) is 11.4. The van der Waals surface area contributed by atoms with Crippen molar-refractivity contribution in [1.29, 1.82) is 0 Å². The molecule has 4 heteroatoms. The molecule has 0 radical (unpaired) electrons. The second-order valence-electron chi connectivity index (χ2n) is 3.47. The molecule has 0 amide bonds. The fourth-order valence-corrected chi connectivity index (χ4v) is 1.69. The number of rotatable bonds is 4. The highest BCUT2D eigenvalue weighted by atomic mass is 79.9. The molecule has 82 valence electrons. The van der Waals surface area contributed by atoms with E-state index in [0.29, 0.717) is 17.4 Å². The maximum Gasteiger partial charge on any atom is 0.168 e. The largest absolute Gasteiger partial charge is 0.330 e. The first-order chi connectivity index (χ1) is 7.06. The van der Waals surface area contributed by atoms with E-state index in [4.69, 9.17) is 5.73 Å². The number of halogens is 2. The number of Topliss-reactive ketones (excluding diaryl/α,β-unsaturated/α-hetero) is 1. The third kappa shape index (κ3) is 3.11. The van der Waals surface area contributed by atoms with Gasteiger partial charge in [0.15, 0.2) is 5.78 Å². The summed E-state index contributed by atoms with van der Waals surface area (Å²) < 4.78 is 14.0. The normalized spacial score (nSPS) is 12.5. The number of carbonyl (C=O) groups excluding carboxylic acids is 1. The van der Waals surface area contributed by atoms with Gasteiger partial charge in [0, 0.05) is 10.4 Å². The molecule has 2 N–H and O–H groups in total. The molecule has 0 saturated carbocycles. The van der Waals surface area contributed by atoms with Gasteiger partial charge in [-0.1, -0.05) is 22.9 Å². The van der Waals surface area contributed by atoms with Gasteiger partial charge in [0.1, 0.15) is 5.82 Å². The Bertz CT molecular complexity index is 368. The van der Waals surface area contributed by atoms with Crippen molar-refractivity contribution in [1.82, 2.24) is 0 Å². The number of nitrogens with two attached hydrogens (primary N) is 1. The molecule has 0 bridgehead atoms. The Hall–Kier alpha value is -0.740. The van der Waals surface area contributed by atoms with E-state index in [9.17, 15) is 9.18 Å². The zero-order valence-corrected chi connectivity index (χ0v) is 10.1. The van der Waals surface area contributed by atoms with Gasteiger partial charge in [-0.2, -0.15) is 0 Å². The molecule has 1 aromatic rings. The molecule has 0 aliphatic rings. The second kappa shape index (κ2) is 5.37. The van der Waals surface area contributed by atoms with Crippen LogP contribution in [0, 0.1) is 11.7 Å². The molecule has 0 heterocycles. The van der Waals surface area contributed by atoms with Crippen LogP contribution in [0.15, 0.2) is 22.7 Å². The summed E-state index contributed by atoms with van der Waals surface area (Å²) in [6.45, 7) is 2.19. The van der Waals surface area contributed by atoms with Gasteiger partial charge < -0.3 is 5.73 Å². The summed E-state index contributed by atoms with van der Waals surface area (Å²) in [5.41, 5.74) is 5.49. The Kier molecular flexibility index (Phi) is 4.42. The summed E-state index contributed by atoms with van der Waals surface area (Å²) in [5, 5.41) is 0. The molecule has 0 aromatic heterocycles. The summed E-state index contributed by atoms with van der Waals surface area (Å²) in [5.74, 6) is -0.912. The van der Waals surface area contributed by atoms with Gasteiger partial charge in [0.05, 0.1) is 5.56 Å². The maximum atomic E-state index is 13.3. The molecule has 1 rings (SSSR count). The number of hydrogen-bond donors (Lipinski definition) is 1. The summed E-state index contributed by atoms with van der Waals surface area (Å²) in [6, 6.07) is 4.36. The van der Waals surface area contributed by atoms with Gasteiger partial charge in [-0.3, -0.25) is 4.79 Å². The Morgan fingerprint density at radius 1 is 1.60 bits per heavy atom. The van der Waals surface area contributed by atoms with Gasteiger partial charge in [0.25, 0.3) is 0 Å². The Balaban J connectivity index is 2.95. The van der Waals surface area contributed by atoms with E-state index < -0.39 is 5.82 Å². The van der Waals surface area contributed by atoms with Crippen molar-refractivity contribution in [2.75, 3.05) is 6.54 Å². The monoisotopic (exact) mass is 273 g/mol. The summed E-state index contributed by atoms with van der Waals surface area (Å²) in [7, 11) is 0. The highest BCUT2D eigenvalue weighted by Gasteiger charge is 2.18. The van der Waals surface area contributed by atoms with E-state index in [1.165, 1.54) is 12.1 Å². The van der Waals surface area contributed by atoms with Gasteiger partial charge >= 0.3 is 0 Å². The second-order valence-corrected chi connectivity index (χ2v) is 4.38. The molecule has 2 nitrogen and oxygen atoms in total. The van der Waals surface area contributed by atoms with Crippen LogP contribution in [-0.4, -0.2) is 12.3 Å². The first-order valence-electron chi connectivity index (χ1n) is 4.75. The van der Waals surface area contributed by atoms with Crippen molar-refractivity contribution in [3.63, 3.8) is 0 Å². The smallest absolute Gasteiger partial charge is 0.168 e. The minimum atomic E-state index is -0.480. The first kappa shape index (κ1) is 12.3. The maximum absolute atomic E-state index is 13.3. The fraction of sp³-hybridized carbons (Fsp3) is 0.364. The average molecular weight is 274 g/mol. The van der Waals surface area contributed by atoms with E-state index in [2.05, 4.69) is 15.9 Å². The predicted octanol–water partition coefficient (Wildman–Crippen LogP) is 2.76. The Morgan fingerprint density at radius 2 is 2.27 bits per heavy atom. The zero-order valence-electron chi connectivity index (χ0n) is 8.47. The SMILES string of the molecule is CC(CCN)C(=O)c1cc(Br)ccc1F. The van der Waals surface area contributed by atoms with Crippen LogP contribution in [0.25, 0.3) is 0 Å². The van der Waals surface area contributed by atoms with Crippen LogP contribution < -0.4 is 5.73 Å². The first-order valence-corrected chi connectivity index (χ1v) is 5.55. The van der Waals surface area contributed by atoms with Crippen LogP contribution in [0.4, 0.5) is 4.39 Å². The summed E-state index contributed by atoms with van der Waals surface area (Å²) in [6.07, 6.45) is 0.574. The predicted molar refractivity (Wildman–Crippen MR) is 61.3 cm³/mol. The standard InChI is InChI=1S/C11H13BrFNO/c1-7(4-5-14)11(15)9-6-8(12)2-3-10(9)13/h2-3,6-7H,4-5,14H2,1H3. The van der Waals surface area contributed by atoms with Crippen LogP contribution in [-0.2, 0) is 0 Å². The molecule has 1 atom stereocenters. The Labute approximate surface area is 96.8 Å². The molecule has 0 saturated heterocycles. The topological polar surface area (TPSA) is 43.1 Å². The quantitative estimate of drug-likeness (QED) is 0.858. The molecule has 0 fully saturated rings. The summed E-state index contributed by atoms with van der Waals surface area (Å²) in [4.78, 5) is 11.8. The van der Waals surface area contributed by atoms with Gasteiger partial charge in [-0.05, 0) is 31.2 Å². The third-order valence-electron chi connectivity index (χ3n) is 2.24. The van der Waals surface area contributed by atoms with Gasteiger partial charge in [-0.15, -0.1) is 0 Å². The lowest BCUT2D eigenvalue weighted by molar-refractivity contribution is 0.0921. The van der Waals surface area contributed by atoms with E-state index in [1.54, 1.807) is 13.0 Å². The van der Waals surface area contributed by atoms with Crippen LogP contribution in [0.2, 0.25) is 0 Å².